The fraction of sp³-hybridized carbons (Fsp3) is 0.733. The lowest BCUT2D eigenvalue weighted by Gasteiger charge is -2.32. The standard InChI is InChI=1S/C15H26N4O/c1-11-9-13(17-19(11)15(2,3)4)14(20)18-8-6-7-12(10-18)16-5/h9,12,16H,6-8,10H2,1-5H3. The maximum atomic E-state index is 12.6. The second kappa shape index (κ2) is 5.56. The first kappa shape index (κ1) is 15.0. The van der Waals surface area contributed by atoms with Crippen LogP contribution in [0, 0.1) is 6.92 Å². The van der Waals surface area contributed by atoms with Gasteiger partial charge in [-0.05, 0) is 53.7 Å². The van der Waals surface area contributed by atoms with Crippen LogP contribution in [0.25, 0.3) is 0 Å². The highest BCUT2D eigenvalue weighted by atomic mass is 16.2. The van der Waals surface area contributed by atoms with Gasteiger partial charge in [0.1, 0.15) is 0 Å². The number of aromatic nitrogens is 2. The number of likely N-dealkylation sites (tertiary alicyclic amines) is 1. The summed E-state index contributed by atoms with van der Waals surface area (Å²) in [5.74, 6) is 0.0519. The molecule has 1 aliphatic heterocycles. The summed E-state index contributed by atoms with van der Waals surface area (Å²) < 4.78 is 1.93. The van der Waals surface area contributed by atoms with Crippen molar-refractivity contribution in [1.82, 2.24) is 20.0 Å². The van der Waals surface area contributed by atoms with E-state index in [4.69, 9.17) is 0 Å². The van der Waals surface area contributed by atoms with E-state index in [2.05, 4.69) is 31.2 Å². The molecule has 0 aromatic carbocycles. The van der Waals surface area contributed by atoms with Gasteiger partial charge < -0.3 is 10.2 Å². The predicted octanol–water partition coefficient (Wildman–Crippen LogP) is 1.77. The molecule has 1 fully saturated rings. The Morgan fingerprint density at radius 3 is 2.70 bits per heavy atom. The van der Waals surface area contributed by atoms with Gasteiger partial charge in [0.25, 0.3) is 5.91 Å². The second-order valence-electron chi connectivity index (χ2n) is 6.63. The first-order valence-electron chi connectivity index (χ1n) is 7.36. The first-order valence-corrected chi connectivity index (χ1v) is 7.36. The van der Waals surface area contributed by atoms with Crippen molar-refractivity contribution in [2.75, 3.05) is 20.1 Å². The van der Waals surface area contributed by atoms with Gasteiger partial charge >= 0.3 is 0 Å². The molecule has 112 valence electrons. The molecule has 0 radical (unpaired) electrons. The van der Waals surface area contributed by atoms with Gasteiger partial charge in [-0.2, -0.15) is 5.10 Å². The van der Waals surface area contributed by atoms with E-state index >= 15 is 0 Å². The van der Waals surface area contributed by atoms with Crippen LogP contribution in [0.5, 0.6) is 0 Å². The summed E-state index contributed by atoms with van der Waals surface area (Å²) in [7, 11) is 1.96. The highest BCUT2D eigenvalue weighted by molar-refractivity contribution is 5.92. The number of nitrogens with one attached hydrogen (secondary N) is 1. The second-order valence-corrected chi connectivity index (χ2v) is 6.63. The zero-order chi connectivity index (χ0) is 14.9. The predicted molar refractivity (Wildman–Crippen MR) is 79.9 cm³/mol. The van der Waals surface area contributed by atoms with Crippen molar-refractivity contribution in [2.45, 2.75) is 52.1 Å². The van der Waals surface area contributed by atoms with E-state index in [0.717, 1.165) is 31.6 Å². The molecule has 1 N–H and O–H groups in total. The normalized spacial score (nSPS) is 20.2. The SMILES string of the molecule is CNC1CCCN(C(=O)c2cc(C)n(C(C)(C)C)n2)C1. The number of rotatable bonds is 2. The van der Waals surface area contributed by atoms with Crippen molar-refractivity contribution in [2.24, 2.45) is 0 Å². The van der Waals surface area contributed by atoms with Crippen LogP contribution >= 0.6 is 0 Å². The summed E-state index contributed by atoms with van der Waals surface area (Å²) in [5, 5.41) is 7.77. The minimum absolute atomic E-state index is 0.0519. The molecule has 1 aliphatic rings. The third kappa shape index (κ3) is 3.03. The Bertz CT molecular complexity index is 487. The molecule has 20 heavy (non-hydrogen) atoms. The van der Waals surface area contributed by atoms with Crippen molar-refractivity contribution in [3.8, 4) is 0 Å². The van der Waals surface area contributed by atoms with E-state index in [1.54, 1.807) is 0 Å². The molecule has 2 rings (SSSR count). The number of carbonyl (C=O) groups excluding carboxylic acids is 1. The molecule has 1 unspecified atom stereocenters. The van der Waals surface area contributed by atoms with Gasteiger partial charge in [0.05, 0.1) is 5.54 Å². The van der Waals surface area contributed by atoms with Gasteiger partial charge in [-0.1, -0.05) is 0 Å². The zero-order valence-corrected chi connectivity index (χ0v) is 13.2. The summed E-state index contributed by atoms with van der Waals surface area (Å²) in [6.07, 6.45) is 2.19. The van der Waals surface area contributed by atoms with E-state index < -0.39 is 0 Å². The van der Waals surface area contributed by atoms with Crippen molar-refractivity contribution in [1.29, 1.82) is 0 Å². The highest BCUT2D eigenvalue weighted by Gasteiger charge is 2.27. The lowest BCUT2D eigenvalue weighted by molar-refractivity contribution is 0.0690. The minimum Gasteiger partial charge on any atom is -0.336 e. The van der Waals surface area contributed by atoms with Crippen LogP contribution in [-0.4, -0.2) is 46.8 Å². The smallest absolute Gasteiger partial charge is 0.274 e. The van der Waals surface area contributed by atoms with E-state index in [0.29, 0.717) is 11.7 Å². The van der Waals surface area contributed by atoms with Crippen molar-refractivity contribution < 1.29 is 4.79 Å². The van der Waals surface area contributed by atoms with Crippen LogP contribution in [0.15, 0.2) is 6.07 Å². The number of amides is 1. The quantitative estimate of drug-likeness (QED) is 0.897. The Balaban J connectivity index is 2.17. The summed E-state index contributed by atoms with van der Waals surface area (Å²) >= 11 is 0. The Hall–Kier alpha value is -1.36. The molecular formula is C15H26N4O. The molecule has 1 saturated heterocycles. The van der Waals surface area contributed by atoms with Crippen LogP contribution in [0.1, 0.15) is 49.8 Å². The number of piperidine rings is 1. The van der Waals surface area contributed by atoms with Gasteiger partial charge in [0.2, 0.25) is 0 Å². The number of carbonyl (C=O) groups is 1. The van der Waals surface area contributed by atoms with E-state index in [1.807, 2.05) is 29.6 Å². The molecule has 0 bridgehead atoms. The molecule has 1 amide bonds. The zero-order valence-electron chi connectivity index (χ0n) is 13.2. The van der Waals surface area contributed by atoms with Crippen molar-refractivity contribution >= 4 is 5.91 Å². The van der Waals surface area contributed by atoms with Gasteiger partial charge in [0.15, 0.2) is 5.69 Å². The van der Waals surface area contributed by atoms with E-state index in [9.17, 15) is 4.79 Å². The molecule has 5 nitrogen and oxygen atoms in total. The Kier molecular flexibility index (Phi) is 4.18. The molecule has 0 aliphatic carbocycles. The van der Waals surface area contributed by atoms with Gasteiger partial charge in [-0.25, -0.2) is 0 Å². The lowest BCUT2D eigenvalue weighted by Crippen LogP contribution is -2.47. The lowest BCUT2D eigenvalue weighted by atomic mass is 10.1. The highest BCUT2D eigenvalue weighted by Crippen LogP contribution is 2.19. The Morgan fingerprint density at radius 1 is 1.45 bits per heavy atom. The third-order valence-electron chi connectivity index (χ3n) is 3.86. The van der Waals surface area contributed by atoms with Crippen molar-refractivity contribution in [3.63, 3.8) is 0 Å². The number of aryl methyl sites for hydroxylation is 1. The fourth-order valence-corrected chi connectivity index (χ4v) is 2.82. The number of hydrogen-bond donors (Lipinski definition) is 1. The number of hydrogen-bond acceptors (Lipinski definition) is 3. The van der Waals surface area contributed by atoms with Crippen LogP contribution in [0.3, 0.4) is 0 Å². The molecule has 5 heteroatoms. The summed E-state index contributed by atoms with van der Waals surface area (Å²) in [6.45, 7) is 9.90. The number of likely N-dealkylation sites (N-methyl/N-ethyl adjacent to an activating group) is 1. The van der Waals surface area contributed by atoms with Crippen LogP contribution in [-0.2, 0) is 5.54 Å². The fourth-order valence-electron chi connectivity index (χ4n) is 2.82. The monoisotopic (exact) mass is 278 g/mol. The summed E-state index contributed by atoms with van der Waals surface area (Å²) in [5.41, 5.74) is 1.50. The average molecular weight is 278 g/mol. The van der Waals surface area contributed by atoms with Crippen LogP contribution in [0.2, 0.25) is 0 Å². The average Bonchev–Trinajstić information content (AvgIpc) is 2.80. The molecular weight excluding hydrogens is 252 g/mol. The molecule has 2 heterocycles. The molecule has 1 atom stereocenters. The van der Waals surface area contributed by atoms with E-state index in [1.165, 1.54) is 0 Å². The molecule has 0 saturated carbocycles. The number of nitrogens with zero attached hydrogens (tertiary/aromatic N) is 3. The maximum Gasteiger partial charge on any atom is 0.274 e. The van der Waals surface area contributed by atoms with Gasteiger partial charge in [-0.3, -0.25) is 9.48 Å². The van der Waals surface area contributed by atoms with E-state index in [-0.39, 0.29) is 11.4 Å². The molecule has 0 spiro atoms. The maximum absolute atomic E-state index is 12.6. The Morgan fingerprint density at radius 2 is 2.15 bits per heavy atom. The van der Waals surface area contributed by atoms with Crippen LogP contribution in [0.4, 0.5) is 0 Å². The molecule has 1 aromatic rings. The largest absolute Gasteiger partial charge is 0.336 e. The molecule has 1 aromatic heterocycles. The third-order valence-corrected chi connectivity index (χ3v) is 3.86. The first-order chi connectivity index (χ1) is 9.32. The van der Waals surface area contributed by atoms with Gasteiger partial charge in [0, 0.05) is 24.8 Å². The topological polar surface area (TPSA) is 50.2 Å². The minimum atomic E-state index is -0.0992. The Labute approximate surface area is 121 Å². The summed E-state index contributed by atoms with van der Waals surface area (Å²) in [4.78, 5) is 14.5. The summed E-state index contributed by atoms with van der Waals surface area (Å²) in [6, 6.07) is 2.30. The van der Waals surface area contributed by atoms with Crippen LogP contribution < -0.4 is 5.32 Å². The van der Waals surface area contributed by atoms with Crippen molar-refractivity contribution in [3.05, 3.63) is 17.5 Å². The van der Waals surface area contributed by atoms with Gasteiger partial charge in [-0.15, -0.1) is 0 Å².